The summed E-state index contributed by atoms with van der Waals surface area (Å²) >= 11 is 0. The van der Waals surface area contributed by atoms with E-state index in [0.29, 0.717) is 11.7 Å². The van der Waals surface area contributed by atoms with E-state index in [-0.39, 0.29) is 0 Å². The highest BCUT2D eigenvalue weighted by atomic mass is 15.1. The summed E-state index contributed by atoms with van der Waals surface area (Å²) in [6.45, 7) is 6.18. The third-order valence-electron chi connectivity index (χ3n) is 1.66. The van der Waals surface area contributed by atoms with Crippen LogP contribution in [0.1, 0.15) is 31.0 Å². The van der Waals surface area contributed by atoms with Gasteiger partial charge in [0.2, 0.25) is 0 Å². The fourth-order valence-corrected chi connectivity index (χ4v) is 1.07. The normalized spacial score (nSPS) is 10.5. The molecule has 60 valence electrons. The Bertz CT molecular complexity index is 256. The summed E-state index contributed by atoms with van der Waals surface area (Å²) in [6, 6.07) is 1.88. The number of hydrogen-bond acceptors (Lipinski definition) is 3. The van der Waals surface area contributed by atoms with Crippen LogP contribution in [0.15, 0.2) is 6.07 Å². The molecule has 1 heterocycles. The number of rotatable bonds is 1. The summed E-state index contributed by atoms with van der Waals surface area (Å²) in [5, 5.41) is 7.67. The van der Waals surface area contributed by atoms with E-state index in [4.69, 9.17) is 5.73 Å². The molecule has 11 heavy (non-hydrogen) atoms. The second-order valence-electron chi connectivity index (χ2n) is 2.96. The van der Waals surface area contributed by atoms with E-state index in [9.17, 15) is 0 Å². The van der Waals surface area contributed by atoms with Crippen molar-refractivity contribution in [1.29, 1.82) is 0 Å². The zero-order chi connectivity index (χ0) is 8.43. The summed E-state index contributed by atoms with van der Waals surface area (Å²) in [5.41, 5.74) is 7.64. The van der Waals surface area contributed by atoms with Gasteiger partial charge in [-0.05, 0) is 24.5 Å². The van der Waals surface area contributed by atoms with Gasteiger partial charge in [-0.25, -0.2) is 0 Å². The number of aromatic nitrogens is 2. The fourth-order valence-electron chi connectivity index (χ4n) is 1.07. The molecule has 0 amide bonds. The first kappa shape index (κ1) is 7.98. The Kier molecular flexibility index (Phi) is 2.08. The van der Waals surface area contributed by atoms with Crippen LogP contribution in [0.3, 0.4) is 0 Å². The lowest BCUT2D eigenvalue weighted by Gasteiger charge is -2.07. The van der Waals surface area contributed by atoms with Crippen molar-refractivity contribution < 1.29 is 0 Å². The van der Waals surface area contributed by atoms with Crippen molar-refractivity contribution in [2.75, 3.05) is 5.73 Å². The maximum Gasteiger partial charge on any atom is 0.146 e. The minimum atomic E-state index is 0.466. The molecule has 2 N–H and O–H groups in total. The highest BCUT2D eigenvalue weighted by molar-refractivity contribution is 5.34. The van der Waals surface area contributed by atoms with Crippen LogP contribution < -0.4 is 5.73 Å². The molecule has 3 heteroatoms. The van der Waals surface area contributed by atoms with E-state index in [1.54, 1.807) is 0 Å². The van der Waals surface area contributed by atoms with E-state index in [0.717, 1.165) is 5.69 Å². The zero-order valence-electron chi connectivity index (χ0n) is 7.13. The van der Waals surface area contributed by atoms with Crippen molar-refractivity contribution in [3.63, 3.8) is 0 Å². The van der Waals surface area contributed by atoms with Crippen molar-refractivity contribution in [3.8, 4) is 0 Å². The standard InChI is InChI=1S/C8H13N3/c1-5(2)7-4-8(9)11-10-6(7)3/h4-5H,1-3H3,(H2,9,11). The molecule has 0 saturated heterocycles. The van der Waals surface area contributed by atoms with Gasteiger partial charge in [-0.3, -0.25) is 0 Å². The zero-order valence-corrected chi connectivity index (χ0v) is 7.13. The molecule has 0 saturated carbocycles. The Morgan fingerprint density at radius 3 is 2.45 bits per heavy atom. The monoisotopic (exact) mass is 151 g/mol. The van der Waals surface area contributed by atoms with Crippen molar-refractivity contribution in [2.45, 2.75) is 26.7 Å². The molecule has 3 nitrogen and oxygen atoms in total. The smallest absolute Gasteiger partial charge is 0.146 e. The molecule has 0 bridgehead atoms. The molecule has 0 aliphatic rings. The summed E-state index contributed by atoms with van der Waals surface area (Å²) in [6.07, 6.45) is 0. The van der Waals surface area contributed by atoms with Crippen LogP contribution >= 0.6 is 0 Å². The third-order valence-corrected chi connectivity index (χ3v) is 1.66. The van der Waals surface area contributed by atoms with E-state index in [1.807, 2.05) is 13.0 Å². The van der Waals surface area contributed by atoms with Gasteiger partial charge in [0.25, 0.3) is 0 Å². The molecule has 0 aliphatic heterocycles. The van der Waals surface area contributed by atoms with Gasteiger partial charge in [0.15, 0.2) is 0 Å². The lowest BCUT2D eigenvalue weighted by molar-refractivity contribution is 0.822. The highest BCUT2D eigenvalue weighted by Crippen LogP contribution is 2.17. The predicted molar refractivity (Wildman–Crippen MR) is 45.3 cm³/mol. The summed E-state index contributed by atoms with van der Waals surface area (Å²) in [4.78, 5) is 0. The SMILES string of the molecule is Cc1nnc(N)cc1C(C)C. The van der Waals surface area contributed by atoms with Crippen molar-refractivity contribution in [1.82, 2.24) is 10.2 Å². The molecule has 1 rings (SSSR count). The van der Waals surface area contributed by atoms with Crippen LogP contribution in [-0.2, 0) is 0 Å². The lowest BCUT2D eigenvalue weighted by Crippen LogP contribution is -2.01. The first-order chi connectivity index (χ1) is 5.11. The van der Waals surface area contributed by atoms with Gasteiger partial charge in [-0.2, -0.15) is 5.10 Å². The molecule has 0 spiro atoms. The predicted octanol–water partition coefficient (Wildman–Crippen LogP) is 1.49. The number of nitrogen functional groups attached to an aromatic ring is 1. The van der Waals surface area contributed by atoms with Gasteiger partial charge in [0.1, 0.15) is 5.82 Å². The van der Waals surface area contributed by atoms with Gasteiger partial charge < -0.3 is 5.73 Å². The van der Waals surface area contributed by atoms with Crippen LogP contribution in [0.4, 0.5) is 5.82 Å². The van der Waals surface area contributed by atoms with Crippen LogP contribution in [0, 0.1) is 6.92 Å². The van der Waals surface area contributed by atoms with Crippen LogP contribution in [0.5, 0.6) is 0 Å². The Balaban J connectivity index is 3.13. The van der Waals surface area contributed by atoms with Gasteiger partial charge in [-0.15, -0.1) is 5.10 Å². The number of anilines is 1. The quantitative estimate of drug-likeness (QED) is 0.661. The highest BCUT2D eigenvalue weighted by Gasteiger charge is 2.04. The molecule has 0 unspecified atom stereocenters. The van der Waals surface area contributed by atoms with Gasteiger partial charge in [0, 0.05) is 0 Å². The molecule has 1 aromatic heterocycles. The van der Waals surface area contributed by atoms with E-state index >= 15 is 0 Å². The topological polar surface area (TPSA) is 51.8 Å². The largest absolute Gasteiger partial charge is 0.382 e. The number of hydrogen-bond donors (Lipinski definition) is 1. The van der Waals surface area contributed by atoms with Crippen LogP contribution in [-0.4, -0.2) is 10.2 Å². The lowest BCUT2D eigenvalue weighted by atomic mass is 10.0. The first-order valence-electron chi connectivity index (χ1n) is 3.71. The van der Waals surface area contributed by atoms with Gasteiger partial charge >= 0.3 is 0 Å². The van der Waals surface area contributed by atoms with E-state index in [1.165, 1.54) is 5.56 Å². The second kappa shape index (κ2) is 2.86. The van der Waals surface area contributed by atoms with E-state index < -0.39 is 0 Å². The Labute approximate surface area is 66.6 Å². The van der Waals surface area contributed by atoms with E-state index in [2.05, 4.69) is 24.0 Å². The molecule has 0 radical (unpaired) electrons. The minimum Gasteiger partial charge on any atom is -0.382 e. The summed E-state index contributed by atoms with van der Waals surface area (Å²) in [7, 11) is 0. The number of nitrogens with two attached hydrogens (primary N) is 1. The average Bonchev–Trinajstić information content (AvgIpc) is 1.94. The van der Waals surface area contributed by atoms with Crippen LogP contribution in [0.2, 0.25) is 0 Å². The van der Waals surface area contributed by atoms with Gasteiger partial charge in [-0.1, -0.05) is 13.8 Å². The second-order valence-corrected chi connectivity index (χ2v) is 2.96. The molecule has 0 atom stereocenters. The summed E-state index contributed by atoms with van der Waals surface area (Å²) in [5.74, 6) is 0.965. The Morgan fingerprint density at radius 2 is 2.00 bits per heavy atom. The van der Waals surface area contributed by atoms with Gasteiger partial charge in [0.05, 0.1) is 5.69 Å². The Hall–Kier alpha value is -1.12. The van der Waals surface area contributed by atoms with Crippen LogP contribution in [0.25, 0.3) is 0 Å². The third kappa shape index (κ3) is 1.67. The molecular weight excluding hydrogens is 138 g/mol. The molecule has 0 fully saturated rings. The molecular formula is C8H13N3. The first-order valence-corrected chi connectivity index (χ1v) is 3.71. The fraction of sp³-hybridized carbons (Fsp3) is 0.500. The van der Waals surface area contributed by atoms with Crippen molar-refractivity contribution >= 4 is 5.82 Å². The molecule has 1 aromatic rings. The number of aryl methyl sites for hydroxylation is 1. The molecule has 0 aromatic carbocycles. The maximum atomic E-state index is 5.49. The van der Waals surface area contributed by atoms with Crippen molar-refractivity contribution in [3.05, 3.63) is 17.3 Å². The maximum absolute atomic E-state index is 5.49. The van der Waals surface area contributed by atoms with Crippen molar-refractivity contribution in [2.24, 2.45) is 0 Å². The summed E-state index contributed by atoms with van der Waals surface area (Å²) < 4.78 is 0. The molecule has 0 aliphatic carbocycles. The minimum absolute atomic E-state index is 0.466. The Morgan fingerprint density at radius 1 is 1.36 bits per heavy atom. The average molecular weight is 151 g/mol. The number of nitrogens with zero attached hydrogens (tertiary/aromatic N) is 2.